The van der Waals surface area contributed by atoms with Crippen LogP contribution in [0.4, 0.5) is 5.82 Å². The average molecular weight is 319 g/mol. The van der Waals surface area contributed by atoms with E-state index < -0.39 is 0 Å². The zero-order valence-electron chi connectivity index (χ0n) is 14.4. The first-order valence-corrected chi connectivity index (χ1v) is 8.69. The van der Waals surface area contributed by atoms with E-state index in [0.717, 1.165) is 43.8 Å². The molecule has 1 aliphatic rings. The van der Waals surface area contributed by atoms with E-state index in [9.17, 15) is 4.79 Å². The number of rotatable bonds is 8. The summed E-state index contributed by atoms with van der Waals surface area (Å²) >= 11 is 0. The van der Waals surface area contributed by atoms with Crippen molar-refractivity contribution in [1.29, 1.82) is 0 Å². The summed E-state index contributed by atoms with van der Waals surface area (Å²) in [5.74, 6) is 1.90. The molecule has 1 heterocycles. The summed E-state index contributed by atoms with van der Waals surface area (Å²) in [6, 6.07) is 4.29. The van der Waals surface area contributed by atoms with E-state index in [0.29, 0.717) is 12.5 Å². The maximum absolute atomic E-state index is 11.9. The molecule has 0 spiro atoms. The number of nitrogens with one attached hydrogen (secondary N) is 1. The second-order valence-electron chi connectivity index (χ2n) is 6.34. The summed E-state index contributed by atoms with van der Waals surface area (Å²) in [7, 11) is 3.66. The SMILES string of the molecule is COc1ccc(N(C)CCCCC(=O)NC2CCCCC2)nc1. The fourth-order valence-corrected chi connectivity index (χ4v) is 3.01. The summed E-state index contributed by atoms with van der Waals surface area (Å²) in [6.45, 7) is 0.899. The van der Waals surface area contributed by atoms with Crippen molar-refractivity contribution in [3.63, 3.8) is 0 Å². The maximum atomic E-state index is 11.9. The van der Waals surface area contributed by atoms with Crippen LogP contribution >= 0.6 is 0 Å². The molecule has 5 nitrogen and oxygen atoms in total. The van der Waals surface area contributed by atoms with Crippen LogP contribution in [0.2, 0.25) is 0 Å². The smallest absolute Gasteiger partial charge is 0.220 e. The third kappa shape index (κ3) is 6.08. The van der Waals surface area contributed by atoms with E-state index in [1.807, 2.05) is 19.2 Å². The highest BCUT2D eigenvalue weighted by atomic mass is 16.5. The summed E-state index contributed by atoms with van der Waals surface area (Å²) in [5.41, 5.74) is 0. The molecule has 0 radical (unpaired) electrons. The quantitative estimate of drug-likeness (QED) is 0.748. The van der Waals surface area contributed by atoms with E-state index in [1.165, 1.54) is 19.3 Å². The number of nitrogens with zero attached hydrogens (tertiary/aromatic N) is 2. The zero-order valence-corrected chi connectivity index (χ0v) is 14.4. The summed E-state index contributed by atoms with van der Waals surface area (Å²) in [6.07, 6.45) is 10.4. The minimum Gasteiger partial charge on any atom is -0.495 e. The van der Waals surface area contributed by atoms with Crippen LogP contribution in [0.5, 0.6) is 5.75 Å². The lowest BCUT2D eigenvalue weighted by molar-refractivity contribution is -0.122. The van der Waals surface area contributed by atoms with Gasteiger partial charge in [-0.15, -0.1) is 0 Å². The van der Waals surface area contributed by atoms with E-state index >= 15 is 0 Å². The molecule has 0 unspecified atom stereocenters. The van der Waals surface area contributed by atoms with Gasteiger partial charge in [-0.3, -0.25) is 4.79 Å². The molecular weight excluding hydrogens is 290 g/mol. The molecule has 0 atom stereocenters. The van der Waals surface area contributed by atoms with Gasteiger partial charge in [-0.25, -0.2) is 4.98 Å². The lowest BCUT2D eigenvalue weighted by Crippen LogP contribution is -2.36. The molecule has 1 aliphatic carbocycles. The fourth-order valence-electron chi connectivity index (χ4n) is 3.01. The van der Waals surface area contributed by atoms with Crippen molar-refractivity contribution in [3.8, 4) is 5.75 Å². The molecule has 128 valence electrons. The molecule has 1 N–H and O–H groups in total. The van der Waals surface area contributed by atoms with Gasteiger partial charge in [0.2, 0.25) is 5.91 Å². The number of amides is 1. The normalized spacial score (nSPS) is 15.2. The average Bonchev–Trinajstić information content (AvgIpc) is 2.59. The molecule has 1 amide bonds. The number of hydrogen-bond acceptors (Lipinski definition) is 4. The third-order valence-electron chi connectivity index (χ3n) is 4.47. The molecular formula is C18H29N3O2. The van der Waals surface area contributed by atoms with Gasteiger partial charge in [0, 0.05) is 26.1 Å². The van der Waals surface area contributed by atoms with Gasteiger partial charge in [-0.2, -0.15) is 0 Å². The van der Waals surface area contributed by atoms with Gasteiger partial charge in [0.25, 0.3) is 0 Å². The molecule has 23 heavy (non-hydrogen) atoms. The van der Waals surface area contributed by atoms with Gasteiger partial charge in [0.05, 0.1) is 13.3 Å². The van der Waals surface area contributed by atoms with Crippen molar-refractivity contribution in [1.82, 2.24) is 10.3 Å². The predicted octanol–water partition coefficient (Wildman–Crippen LogP) is 3.15. The number of carbonyl (C=O) groups excluding carboxylic acids is 1. The lowest BCUT2D eigenvalue weighted by Gasteiger charge is -2.23. The Bertz CT molecular complexity index is 470. The Balaban J connectivity index is 1.61. The Hall–Kier alpha value is -1.78. The molecule has 0 bridgehead atoms. The van der Waals surface area contributed by atoms with Crippen LogP contribution in [0.15, 0.2) is 18.3 Å². The number of unbranched alkanes of at least 4 members (excludes halogenated alkanes) is 1. The molecule has 1 saturated carbocycles. The number of carbonyl (C=O) groups is 1. The minimum atomic E-state index is 0.210. The second kappa shape index (κ2) is 9.38. The van der Waals surface area contributed by atoms with Crippen LogP contribution < -0.4 is 15.0 Å². The first kappa shape index (κ1) is 17.6. The lowest BCUT2D eigenvalue weighted by atomic mass is 9.95. The van der Waals surface area contributed by atoms with Crippen LogP contribution in [0, 0.1) is 0 Å². The monoisotopic (exact) mass is 319 g/mol. The van der Waals surface area contributed by atoms with E-state index in [-0.39, 0.29) is 5.91 Å². The van der Waals surface area contributed by atoms with Crippen molar-refractivity contribution in [2.45, 2.75) is 57.4 Å². The van der Waals surface area contributed by atoms with E-state index in [1.54, 1.807) is 13.3 Å². The number of hydrogen-bond donors (Lipinski definition) is 1. The Kier molecular flexibility index (Phi) is 7.17. The minimum absolute atomic E-state index is 0.210. The molecule has 0 aliphatic heterocycles. The highest BCUT2D eigenvalue weighted by molar-refractivity contribution is 5.76. The molecule has 1 aromatic rings. The number of pyridine rings is 1. The molecule has 0 aromatic carbocycles. The summed E-state index contributed by atoms with van der Waals surface area (Å²) in [5, 5.41) is 3.17. The van der Waals surface area contributed by atoms with E-state index in [4.69, 9.17) is 4.74 Å². The molecule has 1 fully saturated rings. The highest BCUT2D eigenvalue weighted by Gasteiger charge is 2.15. The van der Waals surface area contributed by atoms with E-state index in [2.05, 4.69) is 15.2 Å². The Morgan fingerprint density at radius 1 is 1.30 bits per heavy atom. The van der Waals surface area contributed by atoms with Gasteiger partial charge >= 0.3 is 0 Å². The van der Waals surface area contributed by atoms with Crippen molar-refractivity contribution >= 4 is 11.7 Å². The van der Waals surface area contributed by atoms with Crippen LogP contribution in [-0.2, 0) is 4.79 Å². The van der Waals surface area contributed by atoms with Gasteiger partial charge in [0.15, 0.2) is 0 Å². The maximum Gasteiger partial charge on any atom is 0.220 e. The number of aromatic nitrogens is 1. The largest absolute Gasteiger partial charge is 0.495 e. The van der Waals surface area contributed by atoms with Crippen molar-refractivity contribution < 1.29 is 9.53 Å². The van der Waals surface area contributed by atoms with Crippen LogP contribution in [-0.4, -0.2) is 37.6 Å². The zero-order chi connectivity index (χ0) is 16.5. The highest BCUT2D eigenvalue weighted by Crippen LogP contribution is 2.18. The first-order valence-electron chi connectivity index (χ1n) is 8.69. The Morgan fingerprint density at radius 3 is 2.74 bits per heavy atom. The van der Waals surface area contributed by atoms with Gasteiger partial charge < -0.3 is 15.0 Å². The molecule has 1 aromatic heterocycles. The number of ether oxygens (including phenoxy) is 1. The third-order valence-corrected chi connectivity index (χ3v) is 4.47. The van der Waals surface area contributed by atoms with Crippen LogP contribution in [0.25, 0.3) is 0 Å². The first-order chi connectivity index (χ1) is 11.2. The van der Waals surface area contributed by atoms with Gasteiger partial charge in [-0.1, -0.05) is 19.3 Å². The van der Waals surface area contributed by atoms with Crippen molar-refractivity contribution in [2.75, 3.05) is 25.6 Å². The second-order valence-corrected chi connectivity index (χ2v) is 6.34. The van der Waals surface area contributed by atoms with Gasteiger partial charge in [-0.05, 0) is 37.8 Å². The Labute approximate surface area is 139 Å². The molecule has 0 saturated heterocycles. The van der Waals surface area contributed by atoms with Crippen molar-refractivity contribution in [2.24, 2.45) is 0 Å². The van der Waals surface area contributed by atoms with Gasteiger partial charge in [0.1, 0.15) is 11.6 Å². The fraction of sp³-hybridized carbons (Fsp3) is 0.667. The summed E-state index contributed by atoms with van der Waals surface area (Å²) < 4.78 is 5.11. The standard InChI is InChI=1S/C18H29N3O2/c1-21(17-12-11-16(23-2)14-19-17)13-7-6-10-18(22)20-15-8-4-3-5-9-15/h11-12,14-15H,3-10,13H2,1-2H3,(H,20,22). The number of anilines is 1. The van der Waals surface area contributed by atoms with Crippen molar-refractivity contribution in [3.05, 3.63) is 18.3 Å². The van der Waals surface area contributed by atoms with Crippen LogP contribution in [0.3, 0.4) is 0 Å². The Morgan fingerprint density at radius 2 is 2.09 bits per heavy atom. The predicted molar refractivity (Wildman–Crippen MR) is 92.9 cm³/mol. The molecule has 5 heteroatoms. The number of methoxy groups -OCH3 is 1. The topological polar surface area (TPSA) is 54.5 Å². The van der Waals surface area contributed by atoms with Crippen LogP contribution in [0.1, 0.15) is 51.4 Å². The molecule has 2 rings (SSSR count). The summed E-state index contributed by atoms with van der Waals surface area (Å²) in [4.78, 5) is 18.4.